The predicted molar refractivity (Wildman–Crippen MR) is 114 cm³/mol. The number of benzene rings is 2. The first kappa shape index (κ1) is 20.9. The zero-order valence-electron chi connectivity index (χ0n) is 16.7. The van der Waals surface area contributed by atoms with Gasteiger partial charge in [0.1, 0.15) is 5.75 Å². The van der Waals surface area contributed by atoms with Crippen molar-refractivity contribution in [2.45, 2.75) is 39.5 Å². The van der Waals surface area contributed by atoms with E-state index in [2.05, 4.69) is 0 Å². The Balaban J connectivity index is 2.12. The number of phenolic OH excluding ortho intramolecular Hbond substituents is 1. The minimum Gasteiger partial charge on any atom is -0.508 e. The lowest BCUT2D eigenvalue weighted by Gasteiger charge is -2.13. The minimum atomic E-state index is -0.579. The average molecular weight is 414 g/mol. The maximum atomic E-state index is 13.3. The molecule has 0 aliphatic carbocycles. The first-order chi connectivity index (χ1) is 13.8. The van der Waals surface area contributed by atoms with E-state index in [1.165, 1.54) is 6.07 Å². The van der Waals surface area contributed by atoms with Crippen molar-refractivity contribution < 1.29 is 19.4 Å². The Bertz CT molecular complexity index is 1070. The maximum Gasteiger partial charge on any atom is 0.313 e. The predicted octanol–water partition coefficient (Wildman–Crippen LogP) is 5.44. The number of carbonyl (C=O) groups is 2. The summed E-state index contributed by atoms with van der Waals surface area (Å²) in [6.07, 6.45) is 1.73. The molecule has 2 aromatic carbocycles. The number of fused-ring (bicyclic) bond motifs is 1. The van der Waals surface area contributed by atoms with Gasteiger partial charge < -0.3 is 9.84 Å². The van der Waals surface area contributed by atoms with Crippen LogP contribution in [-0.4, -0.2) is 28.2 Å². The summed E-state index contributed by atoms with van der Waals surface area (Å²) < 4.78 is 6.95. The molecule has 0 saturated carbocycles. The van der Waals surface area contributed by atoms with E-state index < -0.39 is 5.92 Å². The summed E-state index contributed by atoms with van der Waals surface area (Å²) in [6, 6.07) is 11.5. The Morgan fingerprint density at radius 2 is 1.97 bits per heavy atom. The second-order valence-corrected chi connectivity index (χ2v) is 7.53. The number of hydrogen-bond donors (Lipinski definition) is 1. The van der Waals surface area contributed by atoms with E-state index in [1.54, 1.807) is 54.8 Å². The SMILES string of the molecule is CCCCOC(=O)C(C)c1c(C)n(C(=O)c2cccc(Cl)c2)c2ccc(O)cc12. The Morgan fingerprint density at radius 1 is 1.21 bits per heavy atom. The van der Waals surface area contributed by atoms with Gasteiger partial charge >= 0.3 is 5.97 Å². The third-order valence-corrected chi connectivity index (χ3v) is 5.27. The standard InChI is InChI=1S/C23H24ClNO4/c1-4-5-11-29-23(28)14(2)21-15(3)25(20-10-9-18(26)13-19(20)21)22(27)16-7-6-8-17(24)12-16/h6-10,12-14,26H,4-5,11H2,1-3H3. The molecular weight excluding hydrogens is 390 g/mol. The highest BCUT2D eigenvalue weighted by atomic mass is 35.5. The van der Waals surface area contributed by atoms with Gasteiger partial charge in [-0.1, -0.05) is 31.0 Å². The summed E-state index contributed by atoms with van der Waals surface area (Å²) in [5, 5.41) is 11.1. The molecule has 6 heteroatoms. The van der Waals surface area contributed by atoms with Gasteiger partial charge in [0.05, 0.1) is 18.0 Å². The van der Waals surface area contributed by atoms with Crippen LogP contribution < -0.4 is 0 Å². The number of rotatable bonds is 6. The van der Waals surface area contributed by atoms with Gasteiger partial charge in [0.15, 0.2) is 0 Å². The number of phenols is 1. The summed E-state index contributed by atoms with van der Waals surface area (Å²) in [4.78, 5) is 25.9. The number of hydrogen-bond acceptors (Lipinski definition) is 4. The molecule has 0 bridgehead atoms. The highest BCUT2D eigenvalue weighted by molar-refractivity contribution is 6.31. The number of ether oxygens (including phenoxy) is 1. The van der Waals surface area contributed by atoms with Gasteiger partial charge in [-0.2, -0.15) is 0 Å². The molecule has 0 aliphatic heterocycles. The molecule has 5 nitrogen and oxygen atoms in total. The summed E-state index contributed by atoms with van der Waals surface area (Å²) in [7, 11) is 0. The summed E-state index contributed by atoms with van der Waals surface area (Å²) in [6.45, 7) is 5.95. The number of esters is 1. The Hall–Kier alpha value is -2.79. The van der Waals surface area contributed by atoms with Crippen LogP contribution in [0, 0.1) is 6.92 Å². The Kier molecular flexibility index (Phi) is 6.28. The van der Waals surface area contributed by atoms with Gasteiger partial charge in [0.2, 0.25) is 0 Å². The van der Waals surface area contributed by atoms with Crippen LogP contribution in [0.5, 0.6) is 5.75 Å². The van der Waals surface area contributed by atoms with Crippen LogP contribution in [-0.2, 0) is 9.53 Å². The molecule has 3 rings (SSSR count). The van der Waals surface area contributed by atoms with Crippen LogP contribution in [0.15, 0.2) is 42.5 Å². The molecule has 3 aromatic rings. The van der Waals surface area contributed by atoms with Crippen molar-refractivity contribution in [2.75, 3.05) is 6.61 Å². The molecule has 29 heavy (non-hydrogen) atoms. The van der Waals surface area contributed by atoms with E-state index in [1.807, 2.05) is 6.92 Å². The number of aromatic hydroxyl groups is 1. The number of carbonyl (C=O) groups excluding carboxylic acids is 2. The minimum absolute atomic E-state index is 0.0673. The van der Waals surface area contributed by atoms with Gasteiger partial charge in [-0.15, -0.1) is 0 Å². The normalized spacial score (nSPS) is 12.1. The molecular formula is C23H24ClNO4. The molecule has 1 atom stereocenters. The molecule has 1 aromatic heterocycles. The molecule has 152 valence electrons. The number of aromatic nitrogens is 1. The molecule has 0 amide bonds. The Morgan fingerprint density at radius 3 is 2.66 bits per heavy atom. The second-order valence-electron chi connectivity index (χ2n) is 7.09. The van der Waals surface area contributed by atoms with Crippen molar-refractivity contribution in [2.24, 2.45) is 0 Å². The van der Waals surface area contributed by atoms with E-state index in [-0.39, 0.29) is 17.6 Å². The van der Waals surface area contributed by atoms with E-state index in [9.17, 15) is 14.7 Å². The van der Waals surface area contributed by atoms with Gasteiger partial charge in [0, 0.05) is 21.7 Å². The maximum absolute atomic E-state index is 13.3. The third-order valence-electron chi connectivity index (χ3n) is 5.04. The lowest BCUT2D eigenvalue weighted by molar-refractivity contribution is -0.145. The first-order valence-corrected chi connectivity index (χ1v) is 10.0. The Labute approximate surface area is 174 Å². The first-order valence-electron chi connectivity index (χ1n) is 9.66. The van der Waals surface area contributed by atoms with Gasteiger partial charge in [-0.25, -0.2) is 0 Å². The van der Waals surface area contributed by atoms with Crippen molar-refractivity contribution >= 4 is 34.4 Å². The number of halogens is 1. The molecule has 1 N–H and O–H groups in total. The van der Waals surface area contributed by atoms with Crippen molar-refractivity contribution in [1.82, 2.24) is 4.57 Å². The van der Waals surface area contributed by atoms with Crippen LogP contribution in [0.2, 0.25) is 5.02 Å². The lowest BCUT2D eigenvalue weighted by atomic mass is 9.98. The highest BCUT2D eigenvalue weighted by Crippen LogP contribution is 2.35. The average Bonchev–Trinajstić information content (AvgIpc) is 2.97. The molecule has 0 aliphatic rings. The lowest BCUT2D eigenvalue weighted by Crippen LogP contribution is -2.17. The zero-order valence-corrected chi connectivity index (χ0v) is 17.5. The van der Waals surface area contributed by atoms with E-state index >= 15 is 0 Å². The van der Waals surface area contributed by atoms with Gasteiger partial charge in [0.25, 0.3) is 5.91 Å². The molecule has 0 saturated heterocycles. The number of nitrogens with zero attached hydrogens (tertiary/aromatic N) is 1. The smallest absolute Gasteiger partial charge is 0.313 e. The van der Waals surface area contributed by atoms with Crippen LogP contribution in [0.4, 0.5) is 0 Å². The van der Waals surface area contributed by atoms with Gasteiger partial charge in [-0.3, -0.25) is 14.2 Å². The van der Waals surface area contributed by atoms with E-state index in [4.69, 9.17) is 16.3 Å². The molecule has 0 spiro atoms. The fraction of sp³-hybridized carbons (Fsp3) is 0.304. The topological polar surface area (TPSA) is 68.5 Å². The fourth-order valence-electron chi connectivity index (χ4n) is 3.55. The van der Waals surface area contributed by atoms with Crippen LogP contribution >= 0.6 is 11.6 Å². The van der Waals surface area contributed by atoms with Gasteiger partial charge in [-0.05, 0) is 62.2 Å². The van der Waals surface area contributed by atoms with E-state index in [0.717, 1.165) is 12.8 Å². The quantitative estimate of drug-likeness (QED) is 0.431. The monoisotopic (exact) mass is 413 g/mol. The fourth-order valence-corrected chi connectivity index (χ4v) is 3.74. The number of unbranched alkanes of at least 4 members (excludes halogenated alkanes) is 1. The zero-order chi connectivity index (χ0) is 21.1. The van der Waals surface area contributed by atoms with Crippen molar-refractivity contribution in [3.63, 3.8) is 0 Å². The van der Waals surface area contributed by atoms with Crippen molar-refractivity contribution in [3.8, 4) is 5.75 Å². The molecule has 1 unspecified atom stereocenters. The molecule has 0 fully saturated rings. The van der Waals surface area contributed by atoms with Crippen molar-refractivity contribution in [3.05, 3.63) is 64.3 Å². The van der Waals surface area contributed by atoms with E-state index in [0.29, 0.717) is 39.4 Å². The summed E-state index contributed by atoms with van der Waals surface area (Å²) in [5.74, 6) is -1.11. The molecule has 1 heterocycles. The van der Waals surface area contributed by atoms with Crippen LogP contribution in [0.25, 0.3) is 10.9 Å². The summed E-state index contributed by atoms with van der Waals surface area (Å²) in [5.41, 5.74) is 2.37. The molecule has 0 radical (unpaired) electrons. The van der Waals surface area contributed by atoms with Crippen LogP contribution in [0.3, 0.4) is 0 Å². The second kappa shape index (κ2) is 8.70. The largest absolute Gasteiger partial charge is 0.508 e. The summed E-state index contributed by atoms with van der Waals surface area (Å²) >= 11 is 6.06. The highest BCUT2D eigenvalue weighted by Gasteiger charge is 2.27. The van der Waals surface area contributed by atoms with Crippen LogP contribution in [0.1, 0.15) is 54.2 Å². The van der Waals surface area contributed by atoms with Crippen molar-refractivity contribution in [1.29, 1.82) is 0 Å². The third kappa shape index (κ3) is 4.15.